The summed E-state index contributed by atoms with van der Waals surface area (Å²) in [6, 6.07) is 0. The number of nitrogens with zero attached hydrogens (tertiary/aromatic N) is 3. The van der Waals surface area contributed by atoms with Crippen molar-refractivity contribution in [1.82, 2.24) is 9.97 Å². The Morgan fingerprint density at radius 3 is 2.74 bits per heavy atom. The second-order valence-electron chi connectivity index (χ2n) is 4.50. The van der Waals surface area contributed by atoms with Crippen molar-refractivity contribution in [3.05, 3.63) is 16.4 Å². The molecule has 8 heteroatoms. The number of nitrogens with one attached hydrogen (secondary N) is 1. The number of methoxy groups -OCH3 is 1. The van der Waals surface area contributed by atoms with Gasteiger partial charge in [0.2, 0.25) is 5.82 Å². The molecule has 0 spiro atoms. The molecule has 0 saturated heterocycles. The van der Waals surface area contributed by atoms with Crippen LogP contribution in [0, 0.1) is 16.0 Å². The predicted molar refractivity (Wildman–Crippen MR) is 69.2 cm³/mol. The molecule has 0 fully saturated rings. The van der Waals surface area contributed by atoms with Crippen molar-refractivity contribution in [2.75, 3.05) is 19.0 Å². The van der Waals surface area contributed by atoms with Crippen molar-refractivity contribution in [2.45, 2.75) is 26.4 Å². The molecule has 0 saturated carbocycles. The summed E-state index contributed by atoms with van der Waals surface area (Å²) in [5.74, 6) is 0.271. The average Bonchev–Trinajstić information content (AvgIpc) is 2.34. The van der Waals surface area contributed by atoms with E-state index in [-0.39, 0.29) is 23.9 Å². The molecule has 1 rings (SSSR count). The van der Waals surface area contributed by atoms with E-state index in [2.05, 4.69) is 15.3 Å². The van der Waals surface area contributed by atoms with E-state index >= 15 is 0 Å². The summed E-state index contributed by atoms with van der Waals surface area (Å²) in [6.45, 7) is 4.15. The standard InChI is InChI=1S/C11H18N4O4/c1-7(2)4-8(16)5-12-10-9(15(17)18)11(19-3)14-6-13-10/h6-8,16H,4-5H2,1-3H3,(H,12,13,14). The molecule has 1 unspecified atom stereocenters. The van der Waals surface area contributed by atoms with E-state index < -0.39 is 11.0 Å². The van der Waals surface area contributed by atoms with Gasteiger partial charge in [-0.05, 0) is 12.3 Å². The maximum absolute atomic E-state index is 11.0. The van der Waals surface area contributed by atoms with E-state index in [1.165, 1.54) is 13.4 Å². The molecular formula is C11H18N4O4. The number of hydrogen-bond acceptors (Lipinski definition) is 7. The van der Waals surface area contributed by atoms with Crippen LogP contribution in [0.25, 0.3) is 0 Å². The first-order valence-electron chi connectivity index (χ1n) is 5.91. The van der Waals surface area contributed by atoms with Crippen molar-refractivity contribution in [3.63, 3.8) is 0 Å². The van der Waals surface area contributed by atoms with Crippen LogP contribution >= 0.6 is 0 Å². The summed E-state index contributed by atoms with van der Waals surface area (Å²) in [4.78, 5) is 17.8. The van der Waals surface area contributed by atoms with Crippen LogP contribution in [0.5, 0.6) is 5.88 Å². The van der Waals surface area contributed by atoms with Crippen LogP contribution in [0.1, 0.15) is 20.3 Å². The number of aliphatic hydroxyl groups is 1. The maximum atomic E-state index is 11.0. The lowest BCUT2D eigenvalue weighted by molar-refractivity contribution is -0.385. The number of anilines is 1. The Hall–Kier alpha value is -1.96. The van der Waals surface area contributed by atoms with Gasteiger partial charge in [-0.2, -0.15) is 4.98 Å². The fourth-order valence-electron chi connectivity index (χ4n) is 1.65. The van der Waals surface area contributed by atoms with Gasteiger partial charge in [0.05, 0.1) is 18.1 Å². The molecule has 0 radical (unpaired) electrons. The SMILES string of the molecule is COc1ncnc(NCC(O)CC(C)C)c1[N+](=O)[O-]. The van der Waals surface area contributed by atoms with Gasteiger partial charge in [-0.25, -0.2) is 4.98 Å². The number of aromatic nitrogens is 2. The molecular weight excluding hydrogens is 252 g/mol. The Morgan fingerprint density at radius 1 is 1.53 bits per heavy atom. The maximum Gasteiger partial charge on any atom is 0.372 e. The lowest BCUT2D eigenvalue weighted by Crippen LogP contribution is -2.22. The molecule has 1 aromatic heterocycles. The average molecular weight is 270 g/mol. The Labute approximate surface area is 111 Å². The summed E-state index contributed by atoms with van der Waals surface area (Å²) in [7, 11) is 1.30. The molecule has 0 aliphatic rings. The third-order valence-electron chi connectivity index (χ3n) is 2.41. The van der Waals surface area contributed by atoms with Crippen LogP contribution in [0.3, 0.4) is 0 Å². The van der Waals surface area contributed by atoms with Crippen molar-refractivity contribution in [3.8, 4) is 5.88 Å². The van der Waals surface area contributed by atoms with Crippen LogP contribution in [0.15, 0.2) is 6.33 Å². The van der Waals surface area contributed by atoms with Gasteiger partial charge in [0.1, 0.15) is 6.33 Å². The first-order valence-corrected chi connectivity index (χ1v) is 5.91. The number of nitro groups is 1. The molecule has 2 N–H and O–H groups in total. The first kappa shape index (κ1) is 15.1. The smallest absolute Gasteiger partial charge is 0.372 e. The summed E-state index contributed by atoms with van der Waals surface area (Å²) in [6.07, 6.45) is 1.17. The van der Waals surface area contributed by atoms with E-state index in [0.717, 1.165) is 0 Å². The monoisotopic (exact) mass is 270 g/mol. The van der Waals surface area contributed by atoms with Crippen molar-refractivity contribution < 1.29 is 14.8 Å². The molecule has 1 aromatic rings. The zero-order valence-corrected chi connectivity index (χ0v) is 11.2. The van der Waals surface area contributed by atoms with Crippen LogP contribution in [-0.2, 0) is 0 Å². The van der Waals surface area contributed by atoms with Gasteiger partial charge < -0.3 is 15.2 Å². The minimum atomic E-state index is -0.615. The third-order valence-corrected chi connectivity index (χ3v) is 2.41. The highest BCUT2D eigenvalue weighted by atomic mass is 16.6. The van der Waals surface area contributed by atoms with E-state index in [0.29, 0.717) is 12.3 Å². The predicted octanol–water partition coefficient (Wildman–Crippen LogP) is 1.21. The van der Waals surface area contributed by atoms with E-state index in [1.807, 2.05) is 13.8 Å². The van der Waals surface area contributed by atoms with E-state index in [1.54, 1.807) is 0 Å². The molecule has 1 atom stereocenters. The number of ether oxygens (including phenoxy) is 1. The first-order chi connectivity index (χ1) is 8.95. The summed E-state index contributed by atoms with van der Waals surface area (Å²) in [5.41, 5.74) is -0.332. The van der Waals surface area contributed by atoms with E-state index in [9.17, 15) is 15.2 Å². The second-order valence-corrected chi connectivity index (χ2v) is 4.50. The van der Waals surface area contributed by atoms with Crippen LogP contribution < -0.4 is 10.1 Å². The number of hydrogen-bond donors (Lipinski definition) is 2. The Kier molecular flexibility index (Phi) is 5.43. The second kappa shape index (κ2) is 6.83. The molecule has 0 bridgehead atoms. The highest BCUT2D eigenvalue weighted by Crippen LogP contribution is 2.30. The largest absolute Gasteiger partial charge is 0.476 e. The third kappa shape index (κ3) is 4.32. The minimum absolute atomic E-state index is 0.0413. The molecule has 0 aliphatic carbocycles. The topological polar surface area (TPSA) is 110 Å². The van der Waals surface area contributed by atoms with Crippen molar-refractivity contribution in [2.24, 2.45) is 5.92 Å². The summed E-state index contributed by atoms with van der Waals surface area (Å²) in [5, 5.41) is 23.4. The van der Waals surface area contributed by atoms with Crippen LogP contribution in [0.4, 0.5) is 11.5 Å². The van der Waals surface area contributed by atoms with Crippen molar-refractivity contribution in [1.29, 1.82) is 0 Å². The molecule has 0 aromatic carbocycles. The lowest BCUT2D eigenvalue weighted by Gasteiger charge is -2.14. The van der Waals surface area contributed by atoms with Crippen molar-refractivity contribution >= 4 is 11.5 Å². The van der Waals surface area contributed by atoms with Gasteiger partial charge in [0.15, 0.2) is 0 Å². The normalized spacial score (nSPS) is 12.3. The highest BCUT2D eigenvalue weighted by Gasteiger charge is 2.24. The van der Waals surface area contributed by atoms with Gasteiger partial charge in [0, 0.05) is 6.54 Å². The number of rotatable bonds is 7. The van der Waals surface area contributed by atoms with Crippen LogP contribution in [0.2, 0.25) is 0 Å². The zero-order chi connectivity index (χ0) is 14.4. The van der Waals surface area contributed by atoms with Gasteiger partial charge in [-0.15, -0.1) is 0 Å². The Bertz CT molecular complexity index is 439. The number of aliphatic hydroxyl groups excluding tert-OH is 1. The molecule has 106 valence electrons. The molecule has 8 nitrogen and oxygen atoms in total. The Morgan fingerprint density at radius 2 is 2.21 bits per heavy atom. The fourth-order valence-corrected chi connectivity index (χ4v) is 1.65. The quantitative estimate of drug-likeness (QED) is 0.566. The van der Waals surface area contributed by atoms with Gasteiger partial charge >= 0.3 is 5.69 Å². The van der Waals surface area contributed by atoms with Gasteiger partial charge in [-0.3, -0.25) is 10.1 Å². The highest BCUT2D eigenvalue weighted by molar-refractivity contribution is 5.61. The molecule has 19 heavy (non-hydrogen) atoms. The molecule has 1 heterocycles. The van der Waals surface area contributed by atoms with Crippen LogP contribution in [-0.4, -0.2) is 39.8 Å². The minimum Gasteiger partial charge on any atom is -0.476 e. The summed E-state index contributed by atoms with van der Waals surface area (Å²) >= 11 is 0. The van der Waals surface area contributed by atoms with Gasteiger partial charge in [0.25, 0.3) is 5.88 Å². The zero-order valence-electron chi connectivity index (χ0n) is 11.2. The van der Waals surface area contributed by atoms with Gasteiger partial charge in [-0.1, -0.05) is 13.8 Å². The summed E-state index contributed by atoms with van der Waals surface area (Å²) < 4.78 is 4.82. The fraction of sp³-hybridized carbons (Fsp3) is 0.636. The lowest BCUT2D eigenvalue weighted by atomic mass is 10.1. The Balaban J connectivity index is 2.80. The molecule has 0 aliphatic heterocycles. The van der Waals surface area contributed by atoms with E-state index in [4.69, 9.17) is 4.74 Å². The molecule has 0 amide bonds.